The number of hydrogen-bond acceptors (Lipinski definition) is 4. The summed E-state index contributed by atoms with van der Waals surface area (Å²) in [6.45, 7) is 0.617. The highest BCUT2D eigenvalue weighted by Crippen LogP contribution is 2.11. The van der Waals surface area contributed by atoms with E-state index in [1.165, 1.54) is 4.90 Å². The summed E-state index contributed by atoms with van der Waals surface area (Å²) in [7, 11) is 3.18. The molecule has 0 aromatic carbocycles. The monoisotopic (exact) mass is 215 g/mol. The summed E-state index contributed by atoms with van der Waals surface area (Å²) in [6, 6.07) is -0.265. The van der Waals surface area contributed by atoms with Crippen LogP contribution >= 0.6 is 0 Å². The van der Waals surface area contributed by atoms with E-state index in [-0.39, 0.29) is 24.6 Å². The van der Waals surface area contributed by atoms with E-state index < -0.39 is 5.91 Å². The summed E-state index contributed by atoms with van der Waals surface area (Å²) in [5, 5.41) is 3.04. The standard InChI is InChI=1S/C9H17N3O3/c1-12(5-8(10)13)9(14)7-3-6(15-2)4-11-7/h6-7,11H,3-5H2,1-2H3,(H2,10,13). The molecular formula is C9H17N3O3. The fourth-order valence-electron chi connectivity index (χ4n) is 1.65. The van der Waals surface area contributed by atoms with Gasteiger partial charge >= 0.3 is 0 Å². The number of hydrogen-bond donors (Lipinski definition) is 2. The van der Waals surface area contributed by atoms with Crippen LogP contribution in [0.3, 0.4) is 0 Å². The Kier molecular flexibility index (Phi) is 4.05. The molecule has 1 aliphatic rings. The van der Waals surface area contributed by atoms with E-state index in [2.05, 4.69) is 5.32 Å². The second-order valence-corrected chi connectivity index (χ2v) is 3.71. The number of carbonyl (C=O) groups excluding carboxylic acids is 2. The zero-order chi connectivity index (χ0) is 11.4. The number of rotatable bonds is 4. The highest BCUT2D eigenvalue weighted by molar-refractivity contribution is 5.86. The van der Waals surface area contributed by atoms with E-state index in [0.717, 1.165) is 0 Å². The molecular weight excluding hydrogens is 198 g/mol. The first-order valence-electron chi connectivity index (χ1n) is 4.84. The summed E-state index contributed by atoms with van der Waals surface area (Å²) in [5.41, 5.74) is 5.01. The molecule has 1 aliphatic heterocycles. The van der Waals surface area contributed by atoms with Crippen molar-refractivity contribution in [2.45, 2.75) is 18.6 Å². The van der Waals surface area contributed by atoms with Gasteiger partial charge in [0.1, 0.15) is 0 Å². The first-order valence-corrected chi connectivity index (χ1v) is 4.84. The average Bonchev–Trinajstić information content (AvgIpc) is 2.63. The first kappa shape index (κ1) is 11.9. The molecule has 0 aromatic rings. The third-order valence-electron chi connectivity index (χ3n) is 2.49. The van der Waals surface area contributed by atoms with Gasteiger partial charge < -0.3 is 20.7 Å². The van der Waals surface area contributed by atoms with E-state index in [4.69, 9.17) is 10.5 Å². The summed E-state index contributed by atoms with van der Waals surface area (Å²) in [4.78, 5) is 23.7. The number of ether oxygens (including phenoxy) is 1. The minimum atomic E-state index is -0.507. The highest BCUT2D eigenvalue weighted by Gasteiger charge is 2.31. The van der Waals surface area contributed by atoms with Crippen molar-refractivity contribution >= 4 is 11.8 Å². The molecule has 0 radical (unpaired) electrons. The van der Waals surface area contributed by atoms with Crippen molar-refractivity contribution in [2.24, 2.45) is 5.73 Å². The first-order chi connectivity index (χ1) is 7.04. The molecule has 2 amide bonds. The van der Waals surface area contributed by atoms with Crippen molar-refractivity contribution in [3.05, 3.63) is 0 Å². The molecule has 1 rings (SSSR count). The smallest absolute Gasteiger partial charge is 0.240 e. The normalized spacial score (nSPS) is 25.2. The Balaban J connectivity index is 2.44. The van der Waals surface area contributed by atoms with Gasteiger partial charge in [0, 0.05) is 20.7 Å². The molecule has 0 bridgehead atoms. The van der Waals surface area contributed by atoms with Gasteiger partial charge in [-0.15, -0.1) is 0 Å². The molecule has 1 heterocycles. The molecule has 3 N–H and O–H groups in total. The number of carbonyl (C=O) groups is 2. The van der Waals surface area contributed by atoms with E-state index in [1.807, 2.05) is 0 Å². The number of nitrogens with zero attached hydrogens (tertiary/aromatic N) is 1. The number of primary amides is 1. The predicted molar refractivity (Wildman–Crippen MR) is 54.0 cm³/mol. The van der Waals surface area contributed by atoms with Crippen LogP contribution in [0, 0.1) is 0 Å². The maximum Gasteiger partial charge on any atom is 0.240 e. The van der Waals surface area contributed by atoms with E-state index in [9.17, 15) is 9.59 Å². The number of likely N-dealkylation sites (N-methyl/N-ethyl adjacent to an activating group) is 1. The van der Waals surface area contributed by atoms with Gasteiger partial charge in [0.2, 0.25) is 11.8 Å². The summed E-state index contributed by atoms with van der Waals surface area (Å²) in [5.74, 6) is -0.625. The van der Waals surface area contributed by atoms with Crippen LogP contribution in [0.15, 0.2) is 0 Å². The second kappa shape index (κ2) is 5.09. The van der Waals surface area contributed by atoms with Crippen molar-refractivity contribution in [2.75, 3.05) is 27.2 Å². The Morgan fingerprint density at radius 1 is 1.60 bits per heavy atom. The van der Waals surface area contributed by atoms with Gasteiger partial charge in [-0.05, 0) is 6.42 Å². The van der Waals surface area contributed by atoms with Crippen molar-refractivity contribution in [1.82, 2.24) is 10.2 Å². The Hall–Kier alpha value is -1.14. The summed E-state index contributed by atoms with van der Waals surface area (Å²) >= 11 is 0. The van der Waals surface area contributed by atoms with Crippen LogP contribution in [0.2, 0.25) is 0 Å². The molecule has 2 unspecified atom stereocenters. The quantitative estimate of drug-likeness (QED) is 0.586. The Morgan fingerprint density at radius 3 is 2.73 bits per heavy atom. The second-order valence-electron chi connectivity index (χ2n) is 3.71. The lowest BCUT2D eigenvalue weighted by Crippen LogP contribution is -2.44. The molecule has 86 valence electrons. The lowest BCUT2D eigenvalue weighted by molar-refractivity contribution is -0.135. The minimum absolute atomic E-state index is 0.0470. The lowest BCUT2D eigenvalue weighted by atomic mass is 10.2. The number of amides is 2. The Morgan fingerprint density at radius 2 is 2.27 bits per heavy atom. The van der Waals surface area contributed by atoms with Crippen molar-refractivity contribution in [1.29, 1.82) is 0 Å². The molecule has 6 heteroatoms. The topological polar surface area (TPSA) is 84.7 Å². The molecule has 0 aliphatic carbocycles. The fourth-order valence-corrected chi connectivity index (χ4v) is 1.65. The van der Waals surface area contributed by atoms with Crippen LogP contribution in [0.4, 0.5) is 0 Å². The van der Waals surface area contributed by atoms with Gasteiger partial charge in [0.25, 0.3) is 0 Å². The largest absolute Gasteiger partial charge is 0.380 e. The Bertz CT molecular complexity index is 257. The van der Waals surface area contributed by atoms with Gasteiger partial charge in [0.15, 0.2) is 0 Å². The highest BCUT2D eigenvalue weighted by atomic mass is 16.5. The summed E-state index contributed by atoms with van der Waals surface area (Å²) in [6.07, 6.45) is 0.708. The minimum Gasteiger partial charge on any atom is -0.380 e. The molecule has 0 saturated carbocycles. The van der Waals surface area contributed by atoms with Gasteiger partial charge in [-0.1, -0.05) is 0 Å². The molecule has 0 spiro atoms. The van der Waals surface area contributed by atoms with Gasteiger partial charge in [-0.3, -0.25) is 9.59 Å². The van der Waals surface area contributed by atoms with Crippen LogP contribution < -0.4 is 11.1 Å². The fraction of sp³-hybridized carbons (Fsp3) is 0.778. The zero-order valence-corrected chi connectivity index (χ0v) is 9.03. The number of nitrogens with two attached hydrogens (primary N) is 1. The van der Waals surface area contributed by atoms with E-state index >= 15 is 0 Å². The SMILES string of the molecule is COC1CNC(C(=O)N(C)CC(N)=O)C1. The Labute approximate surface area is 88.7 Å². The van der Waals surface area contributed by atoms with Gasteiger partial charge in [-0.25, -0.2) is 0 Å². The molecule has 6 nitrogen and oxygen atoms in total. The van der Waals surface area contributed by atoms with Crippen LogP contribution in [0.5, 0.6) is 0 Å². The maximum atomic E-state index is 11.7. The van der Waals surface area contributed by atoms with Crippen LogP contribution in [-0.2, 0) is 14.3 Å². The van der Waals surface area contributed by atoms with Crippen molar-refractivity contribution in [3.8, 4) is 0 Å². The van der Waals surface area contributed by atoms with E-state index in [1.54, 1.807) is 14.2 Å². The third kappa shape index (κ3) is 3.17. The van der Waals surface area contributed by atoms with E-state index in [0.29, 0.717) is 13.0 Å². The number of nitrogens with one attached hydrogen (secondary N) is 1. The van der Waals surface area contributed by atoms with Crippen LogP contribution in [0.25, 0.3) is 0 Å². The molecule has 0 aromatic heterocycles. The van der Waals surface area contributed by atoms with Crippen molar-refractivity contribution < 1.29 is 14.3 Å². The predicted octanol–water partition coefficient (Wildman–Crippen LogP) is -1.69. The lowest BCUT2D eigenvalue weighted by Gasteiger charge is -2.19. The average molecular weight is 215 g/mol. The van der Waals surface area contributed by atoms with Crippen LogP contribution in [0.1, 0.15) is 6.42 Å². The number of methoxy groups -OCH3 is 1. The maximum absolute atomic E-state index is 11.7. The summed E-state index contributed by atoms with van der Waals surface area (Å²) < 4.78 is 5.13. The molecule has 2 atom stereocenters. The van der Waals surface area contributed by atoms with Crippen molar-refractivity contribution in [3.63, 3.8) is 0 Å². The van der Waals surface area contributed by atoms with Gasteiger partial charge in [-0.2, -0.15) is 0 Å². The molecule has 15 heavy (non-hydrogen) atoms. The molecule has 1 saturated heterocycles. The van der Waals surface area contributed by atoms with Gasteiger partial charge in [0.05, 0.1) is 18.7 Å². The third-order valence-corrected chi connectivity index (χ3v) is 2.49. The molecule has 1 fully saturated rings. The van der Waals surface area contributed by atoms with Crippen LogP contribution in [-0.4, -0.2) is 56.1 Å². The zero-order valence-electron chi connectivity index (χ0n) is 9.03.